The van der Waals surface area contributed by atoms with E-state index < -0.39 is 5.60 Å². The van der Waals surface area contributed by atoms with Crippen LogP contribution in [0.3, 0.4) is 0 Å². The van der Waals surface area contributed by atoms with Crippen molar-refractivity contribution in [2.45, 2.75) is 18.9 Å². The lowest BCUT2D eigenvalue weighted by atomic mass is 10.1. The first kappa shape index (κ1) is 11.7. The lowest BCUT2D eigenvalue weighted by Gasteiger charge is -2.33. The van der Waals surface area contributed by atoms with E-state index in [9.17, 15) is 9.90 Å². The molecule has 0 aromatic carbocycles. The third kappa shape index (κ3) is 3.38. The average molecular weight is 218 g/mol. The molecule has 5 heteroatoms. The van der Waals surface area contributed by atoms with E-state index in [2.05, 4.69) is 5.32 Å². The summed E-state index contributed by atoms with van der Waals surface area (Å²) >= 11 is 1.59. The fourth-order valence-electron chi connectivity index (χ4n) is 1.60. The van der Waals surface area contributed by atoms with Crippen LogP contribution in [-0.4, -0.2) is 53.3 Å². The van der Waals surface area contributed by atoms with Crippen molar-refractivity contribution < 1.29 is 9.90 Å². The van der Waals surface area contributed by atoms with Gasteiger partial charge in [-0.1, -0.05) is 0 Å². The second kappa shape index (κ2) is 4.89. The number of thioether (sulfide) groups is 1. The van der Waals surface area contributed by atoms with Gasteiger partial charge >= 0.3 is 6.03 Å². The lowest BCUT2D eigenvalue weighted by Crippen LogP contribution is -2.52. The number of nitrogens with zero attached hydrogens (tertiary/aromatic N) is 1. The van der Waals surface area contributed by atoms with Crippen molar-refractivity contribution in [2.24, 2.45) is 0 Å². The van der Waals surface area contributed by atoms with E-state index in [1.165, 1.54) is 0 Å². The molecule has 1 rings (SSSR count). The number of carbonyl (C=O) groups is 1. The molecule has 1 atom stereocenters. The van der Waals surface area contributed by atoms with Gasteiger partial charge in [-0.15, -0.1) is 0 Å². The smallest absolute Gasteiger partial charge is 0.317 e. The summed E-state index contributed by atoms with van der Waals surface area (Å²) in [5.74, 6) is 0.650. The van der Waals surface area contributed by atoms with E-state index in [1.807, 2.05) is 6.26 Å². The minimum absolute atomic E-state index is 0.0578. The van der Waals surface area contributed by atoms with Gasteiger partial charge in [0.2, 0.25) is 0 Å². The molecule has 1 aliphatic heterocycles. The van der Waals surface area contributed by atoms with Crippen LogP contribution in [0.5, 0.6) is 0 Å². The average Bonchev–Trinajstić information content (AvgIpc) is 2.08. The van der Waals surface area contributed by atoms with Gasteiger partial charge in [-0.25, -0.2) is 4.79 Å². The van der Waals surface area contributed by atoms with Gasteiger partial charge in [0, 0.05) is 18.8 Å². The van der Waals surface area contributed by atoms with Crippen LogP contribution in [-0.2, 0) is 0 Å². The van der Waals surface area contributed by atoms with Crippen molar-refractivity contribution in [3.05, 3.63) is 0 Å². The molecule has 1 saturated heterocycles. The molecule has 0 saturated carbocycles. The number of β-amino-alcohol motifs (C(OH)–C–C–N with tert-alkyl or cyclic N) is 1. The number of hydrogen-bond donors (Lipinski definition) is 2. The molecule has 0 aliphatic carbocycles. The quantitative estimate of drug-likeness (QED) is 0.723. The van der Waals surface area contributed by atoms with Gasteiger partial charge in [0.05, 0.1) is 12.1 Å². The van der Waals surface area contributed by atoms with Crippen LogP contribution in [0.2, 0.25) is 0 Å². The van der Waals surface area contributed by atoms with Gasteiger partial charge in [-0.2, -0.15) is 11.8 Å². The van der Waals surface area contributed by atoms with Gasteiger partial charge in [0.15, 0.2) is 0 Å². The van der Waals surface area contributed by atoms with Crippen LogP contribution >= 0.6 is 11.8 Å². The summed E-state index contributed by atoms with van der Waals surface area (Å²) in [4.78, 5) is 13.1. The number of nitrogens with one attached hydrogen (secondary N) is 1. The van der Waals surface area contributed by atoms with Gasteiger partial charge in [0.25, 0.3) is 0 Å². The summed E-state index contributed by atoms with van der Waals surface area (Å²) in [6.45, 7) is 3.68. The topological polar surface area (TPSA) is 52.6 Å². The fraction of sp³-hybridized carbons (Fsp3) is 0.889. The van der Waals surface area contributed by atoms with Crippen molar-refractivity contribution in [1.82, 2.24) is 10.2 Å². The molecular weight excluding hydrogens is 200 g/mol. The monoisotopic (exact) mass is 218 g/mol. The molecule has 1 heterocycles. The molecule has 0 radical (unpaired) electrons. The first-order chi connectivity index (χ1) is 6.55. The summed E-state index contributed by atoms with van der Waals surface area (Å²) in [5.41, 5.74) is -0.784. The van der Waals surface area contributed by atoms with Crippen molar-refractivity contribution in [1.29, 1.82) is 0 Å². The molecule has 0 bridgehead atoms. The van der Waals surface area contributed by atoms with E-state index in [0.29, 0.717) is 12.3 Å². The van der Waals surface area contributed by atoms with E-state index in [-0.39, 0.29) is 6.03 Å². The molecule has 0 aromatic heterocycles. The molecule has 4 nitrogen and oxygen atoms in total. The van der Waals surface area contributed by atoms with Gasteiger partial charge in [-0.05, 0) is 19.6 Å². The normalized spacial score (nSPS) is 21.6. The highest BCUT2D eigenvalue weighted by atomic mass is 32.2. The lowest BCUT2D eigenvalue weighted by molar-refractivity contribution is 0.0478. The predicted molar refractivity (Wildman–Crippen MR) is 58.6 cm³/mol. The second-order valence-corrected chi connectivity index (χ2v) is 4.80. The first-order valence-electron chi connectivity index (χ1n) is 4.79. The SMILES string of the molecule is CSCC(C)(O)CN1CCCNC1=O. The van der Waals surface area contributed by atoms with E-state index >= 15 is 0 Å². The largest absolute Gasteiger partial charge is 0.387 e. The fourth-order valence-corrected chi connectivity index (χ4v) is 2.31. The summed E-state index contributed by atoms with van der Waals surface area (Å²) in [6, 6.07) is -0.0578. The highest BCUT2D eigenvalue weighted by Gasteiger charge is 2.27. The number of urea groups is 1. The standard InChI is InChI=1S/C9H18N2O2S/c1-9(13,7-14-2)6-11-5-3-4-10-8(11)12/h13H,3-7H2,1-2H3,(H,10,12). The summed E-state index contributed by atoms with van der Waals surface area (Å²) in [6.07, 6.45) is 2.91. The van der Waals surface area contributed by atoms with Crippen LogP contribution in [0.4, 0.5) is 4.79 Å². The third-order valence-corrected chi connectivity index (χ3v) is 3.07. The van der Waals surface area contributed by atoms with Gasteiger partial charge in [-0.3, -0.25) is 0 Å². The Bertz CT molecular complexity index is 209. The summed E-state index contributed by atoms with van der Waals surface area (Å²) in [5, 5.41) is 12.7. The summed E-state index contributed by atoms with van der Waals surface area (Å²) in [7, 11) is 0. The molecule has 82 valence electrons. The van der Waals surface area contributed by atoms with Crippen LogP contribution in [0.15, 0.2) is 0 Å². The zero-order valence-corrected chi connectivity index (χ0v) is 9.56. The highest BCUT2D eigenvalue weighted by molar-refractivity contribution is 7.98. The molecule has 1 unspecified atom stereocenters. The van der Waals surface area contributed by atoms with Crippen LogP contribution in [0.1, 0.15) is 13.3 Å². The molecular formula is C9H18N2O2S. The Morgan fingerprint density at radius 3 is 3.00 bits per heavy atom. The molecule has 2 amide bonds. The third-order valence-electron chi connectivity index (χ3n) is 2.16. The van der Waals surface area contributed by atoms with Gasteiger partial charge in [0.1, 0.15) is 0 Å². The van der Waals surface area contributed by atoms with Gasteiger partial charge < -0.3 is 15.3 Å². The highest BCUT2D eigenvalue weighted by Crippen LogP contribution is 2.13. The Morgan fingerprint density at radius 2 is 2.43 bits per heavy atom. The molecule has 14 heavy (non-hydrogen) atoms. The maximum atomic E-state index is 11.4. The maximum Gasteiger partial charge on any atom is 0.317 e. The number of amides is 2. The van der Waals surface area contributed by atoms with E-state index in [0.717, 1.165) is 19.5 Å². The van der Waals surface area contributed by atoms with Crippen molar-refractivity contribution in [2.75, 3.05) is 31.6 Å². The molecule has 1 fully saturated rings. The maximum absolute atomic E-state index is 11.4. The number of hydrogen-bond acceptors (Lipinski definition) is 3. The van der Waals surface area contributed by atoms with Crippen LogP contribution < -0.4 is 5.32 Å². The Hall–Kier alpha value is -0.420. The Labute approximate surface area is 89.0 Å². The van der Waals surface area contributed by atoms with Crippen molar-refractivity contribution in [3.63, 3.8) is 0 Å². The van der Waals surface area contributed by atoms with Crippen molar-refractivity contribution in [3.8, 4) is 0 Å². The van der Waals surface area contributed by atoms with Crippen LogP contribution in [0, 0.1) is 0 Å². The second-order valence-electron chi connectivity index (χ2n) is 3.94. The summed E-state index contributed by atoms with van der Waals surface area (Å²) < 4.78 is 0. The predicted octanol–water partition coefficient (Wildman–Crippen LogP) is 0.516. The number of carbonyl (C=O) groups excluding carboxylic acids is 1. The molecule has 2 N–H and O–H groups in total. The zero-order chi connectivity index (χ0) is 10.6. The Morgan fingerprint density at radius 1 is 1.71 bits per heavy atom. The Balaban J connectivity index is 2.45. The minimum atomic E-state index is -0.784. The zero-order valence-electron chi connectivity index (χ0n) is 8.75. The first-order valence-corrected chi connectivity index (χ1v) is 6.19. The van der Waals surface area contributed by atoms with E-state index in [1.54, 1.807) is 23.6 Å². The molecule has 0 aromatic rings. The van der Waals surface area contributed by atoms with Crippen LogP contribution in [0.25, 0.3) is 0 Å². The molecule has 1 aliphatic rings. The van der Waals surface area contributed by atoms with E-state index in [4.69, 9.17) is 0 Å². The van der Waals surface area contributed by atoms with Crippen molar-refractivity contribution >= 4 is 17.8 Å². The minimum Gasteiger partial charge on any atom is -0.387 e. The Kier molecular flexibility index (Phi) is 4.07. The number of aliphatic hydroxyl groups is 1. The molecule has 0 spiro atoms. The number of rotatable bonds is 4.